The average molecular weight is 639 g/mol. The van der Waals surface area contributed by atoms with Gasteiger partial charge in [-0.3, -0.25) is 0 Å². The lowest BCUT2D eigenvalue weighted by Crippen LogP contribution is -2.49. The highest BCUT2D eigenvalue weighted by atomic mass is 32.2. The summed E-state index contributed by atoms with van der Waals surface area (Å²) in [5.41, 5.74) is 2.20. The molecule has 2 N–H and O–H groups in total. The lowest BCUT2D eigenvalue weighted by molar-refractivity contribution is 0.128. The number of benzene rings is 2. The van der Waals surface area contributed by atoms with E-state index < -0.39 is 53.5 Å². The van der Waals surface area contributed by atoms with Crippen molar-refractivity contribution in [1.82, 2.24) is 9.03 Å². The Bertz CT molecular complexity index is 1530. The number of aliphatic hydroxyl groups excluding tert-OH is 1. The lowest BCUT2D eigenvalue weighted by atomic mass is 9.84. The molecule has 3 fully saturated rings. The largest absolute Gasteiger partial charge is 0.390 e. The minimum absolute atomic E-state index is 0.0142. The van der Waals surface area contributed by atoms with Crippen LogP contribution in [0, 0.1) is 0 Å². The number of hydrogen-bond acceptors (Lipinski definition) is 7. The number of nitrogens with one attached hydrogen (secondary N) is 1. The van der Waals surface area contributed by atoms with Crippen LogP contribution in [0.3, 0.4) is 0 Å². The molecular weight excluding hydrogens is 597 g/mol. The molecule has 0 aromatic heterocycles. The van der Waals surface area contributed by atoms with Crippen molar-refractivity contribution in [3.8, 4) is 0 Å². The van der Waals surface area contributed by atoms with Crippen LogP contribution >= 0.6 is 0 Å². The summed E-state index contributed by atoms with van der Waals surface area (Å²) >= 11 is 0. The molecule has 2 atom stereocenters. The topological polar surface area (TPSA) is 138 Å². The molecule has 3 aliphatic rings. The molecule has 0 bridgehead atoms. The summed E-state index contributed by atoms with van der Waals surface area (Å²) in [6.45, 7) is -0.612. The summed E-state index contributed by atoms with van der Waals surface area (Å²) in [6.07, 6.45) is 9.99. The second kappa shape index (κ2) is 13.0. The van der Waals surface area contributed by atoms with Gasteiger partial charge in [-0.05, 0) is 72.9 Å². The van der Waals surface area contributed by atoms with Crippen molar-refractivity contribution in [2.75, 3.05) is 24.6 Å². The van der Waals surface area contributed by atoms with Gasteiger partial charge in [0, 0.05) is 13.1 Å². The second-order valence-electron chi connectivity index (χ2n) is 12.0. The van der Waals surface area contributed by atoms with E-state index in [1.54, 1.807) is 12.1 Å². The van der Waals surface area contributed by atoms with Crippen LogP contribution in [-0.2, 0) is 29.9 Å². The monoisotopic (exact) mass is 638 g/mol. The molecule has 0 radical (unpaired) electrons. The van der Waals surface area contributed by atoms with Crippen molar-refractivity contribution in [2.45, 2.75) is 98.0 Å². The van der Waals surface area contributed by atoms with Crippen molar-refractivity contribution in [1.29, 1.82) is 0 Å². The fourth-order valence-corrected chi connectivity index (χ4v) is 11.3. The van der Waals surface area contributed by atoms with Gasteiger partial charge in [0.05, 0.1) is 33.4 Å². The molecule has 5 rings (SSSR count). The van der Waals surface area contributed by atoms with Crippen LogP contribution in [0.4, 0.5) is 0 Å². The highest BCUT2D eigenvalue weighted by Gasteiger charge is 2.44. The van der Waals surface area contributed by atoms with E-state index in [9.17, 15) is 30.4 Å². The predicted molar refractivity (Wildman–Crippen MR) is 162 cm³/mol. The summed E-state index contributed by atoms with van der Waals surface area (Å²) in [5.74, 6) is -0.237. The van der Waals surface area contributed by atoms with Gasteiger partial charge in [-0.15, -0.1) is 0 Å². The van der Waals surface area contributed by atoms with Crippen molar-refractivity contribution >= 4 is 29.9 Å². The van der Waals surface area contributed by atoms with E-state index in [0.29, 0.717) is 11.8 Å². The van der Waals surface area contributed by atoms with Gasteiger partial charge >= 0.3 is 0 Å². The molecule has 1 aliphatic heterocycles. The summed E-state index contributed by atoms with van der Waals surface area (Å²) in [7, 11) is -11.8. The minimum Gasteiger partial charge on any atom is -0.390 e. The zero-order valence-electron chi connectivity index (χ0n) is 23.9. The van der Waals surface area contributed by atoms with Crippen LogP contribution in [0.1, 0.15) is 87.2 Å². The smallest absolute Gasteiger partial charge is 0.243 e. The van der Waals surface area contributed by atoms with E-state index in [-0.39, 0.29) is 22.9 Å². The Kier molecular flexibility index (Phi) is 9.80. The van der Waals surface area contributed by atoms with Crippen LogP contribution in [0.15, 0.2) is 58.3 Å². The second-order valence-corrected chi connectivity index (χ2v) is 17.8. The van der Waals surface area contributed by atoms with Gasteiger partial charge < -0.3 is 5.11 Å². The molecule has 2 aromatic rings. The fraction of sp³-hybridized carbons (Fsp3) is 0.600. The van der Waals surface area contributed by atoms with Crippen molar-refractivity contribution < 1.29 is 30.4 Å². The van der Waals surface area contributed by atoms with Crippen LogP contribution in [0.2, 0.25) is 0 Å². The molecule has 1 heterocycles. The van der Waals surface area contributed by atoms with E-state index in [2.05, 4.69) is 4.72 Å². The van der Waals surface area contributed by atoms with E-state index in [1.807, 2.05) is 24.3 Å². The van der Waals surface area contributed by atoms with Crippen molar-refractivity contribution in [3.05, 3.63) is 59.7 Å². The Morgan fingerprint density at radius 3 is 1.64 bits per heavy atom. The van der Waals surface area contributed by atoms with Crippen molar-refractivity contribution in [2.24, 2.45) is 0 Å². The first-order valence-electron chi connectivity index (χ1n) is 15.1. The van der Waals surface area contributed by atoms with E-state index in [0.717, 1.165) is 54.0 Å². The third-order valence-corrected chi connectivity index (χ3v) is 14.2. The van der Waals surface area contributed by atoms with Crippen LogP contribution in [-0.4, -0.2) is 71.4 Å². The number of hydrogen-bond donors (Lipinski definition) is 2. The summed E-state index contributed by atoms with van der Waals surface area (Å²) in [5, 5.41) is 10.6. The molecule has 1 saturated heterocycles. The maximum absolute atomic E-state index is 13.8. The molecule has 2 aliphatic carbocycles. The van der Waals surface area contributed by atoms with Gasteiger partial charge in [-0.1, -0.05) is 62.8 Å². The zero-order chi connectivity index (χ0) is 30.0. The molecule has 12 heteroatoms. The van der Waals surface area contributed by atoms with Gasteiger partial charge in [0.1, 0.15) is 0 Å². The first-order chi connectivity index (χ1) is 20.0. The van der Waals surface area contributed by atoms with Gasteiger partial charge in [0.15, 0.2) is 9.84 Å². The Labute approximate surface area is 250 Å². The maximum atomic E-state index is 13.8. The standard InChI is InChI=1S/C30H42N2O7S3/c33-30-22-40(34,35)21-29(30)32(42(38,39)28-17-13-26(14-18-28)24-9-5-2-6-10-24)20-19-31-41(36,37)27-15-11-25(12-16-27)23-7-3-1-4-8-23/h11-18,23-24,29-31,33H,1-10,19-22H2/t29-,30-/m1/s1. The molecule has 0 spiro atoms. The molecule has 42 heavy (non-hydrogen) atoms. The van der Waals surface area contributed by atoms with Crippen LogP contribution < -0.4 is 4.72 Å². The van der Waals surface area contributed by atoms with Gasteiger partial charge in [0.25, 0.3) is 0 Å². The maximum Gasteiger partial charge on any atom is 0.243 e. The molecule has 9 nitrogen and oxygen atoms in total. The lowest BCUT2D eigenvalue weighted by Gasteiger charge is -2.29. The number of nitrogens with zero attached hydrogens (tertiary/aromatic N) is 1. The van der Waals surface area contributed by atoms with Gasteiger partial charge in [-0.25, -0.2) is 30.0 Å². The molecule has 0 amide bonds. The van der Waals surface area contributed by atoms with Crippen LogP contribution in [0.25, 0.3) is 0 Å². The molecule has 0 unspecified atom stereocenters. The number of aliphatic hydroxyl groups is 1. The predicted octanol–water partition coefficient (Wildman–Crippen LogP) is 3.91. The quantitative estimate of drug-likeness (QED) is 0.403. The third kappa shape index (κ3) is 7.27. The molecular formula is C30H42N2O7S3. The first-order valence-corrected chi connectivity index (χ1v) is 19.8. The third-order valence-electron chi connectivity index (χ3n) is 9.12. The Morgan fingerprint density at radius 1 is 0.714 bits per heavy atom. The molecule has 232 valence electrons. The Morgan fingerprint density at radius 2 is 1.19 bits per heavy atom. The highest BCUT2D eigenvalue weighted by Crippen LogP contribution is 2.34. The SMILES string of the molecule is O=S1(=O)C[C@@H](O)[C@H](N(CCNS(=O)(=O)c2ccc(C3CCCCC3)cc2)S(=O)(=O)c2ccc(C3CCCCC3)cc2)C1. The van der Waals surface area contributed by atoms with Crippen LogP contribution in [0.5, 0.6) is 0 Å². The highest BCUT2D eigenvalue weighted by molar-refractivity contribution is 7.92. The minimum atomic E-state index is -4.24. The van der Waals surface area contributed by atoms with E-state index >= 15 is 0 Å². The average Bonchev–Trinajstić information content (AvgIpc) is 3.27. The fourth-order valence-electron chi connectivity index (χ4n) is 6.76. The number of rotatable bonds is 10. The zero-order valence-corrected chi connectivity index (χ0v) is 26.3. The molecule has 2 aromatic carbocycles. The summed E-state index contributed by atoms with van der Waals surface area (Å²) in [6, 6.07) is 12.3. The van der Waals surface area contributed by atoms with Gasteiger partial charge in [-0.2, -0.15) is 4.31 Å². The summed E-state index contributed by atoms with van der Waals surface area (Å²) < 4.78 is 81.8. The normalized spacial score (nSPS) is 24.2. The first kappa shape index (κ1) is 31.6. The number of sulfonamides is 2. The Hall–Kier alpha value is -1.83. The van der Waals surface area contributed by atoms with E-state index in [4.69, 9.17) is 0 Å². The molecule has 2 saturated carbocycles. The Balaban J connectivity index is 1.31. The summed E-state index contributed by atoms with van der Waals surface area (Å²) in [4.78, 5) is 0.0676. The van der Waals surface area contributed by atoms with Gasteiger partial charge in [0.2, 0.25) is 20.0 Å². The van der Waals surface area contributed by atoms with Crippen molar-refractivity contribution in [3.63, 3.8) is 0 Å². The van der Waals surface area contributed by atoms with E-state index in [1.165, 1.54) is 37.8 Å². The number of sulfone groups is 1.